The highest BCUT2D eigenvalue weighted by atomic mass is 32.2. The van der Waals surface area contributed by atoms with Gasteiger partial charge < -0.3 is 15.0 Å². The molecule has 1 aromatic carbocycles. The molecule has 1 fully saturated rings. The van der Waals surface area contributed by atoms with Crippen LogP contribution in [0.2, 0.25) is 0 Å². The molecule has 0 radical (unpaired) electrons. The third-order valence-electron chi connectivity index (χ3n) is 5.05. The molecular formula is C20H27N3O5S. The topological polar surface area (TPSA) is 105 Å². The minimum absolute atomic E-state index is 0.150. The van der Waals surface area contributed by atoms with Gasteiger partial charge >= 0.3 is 5.97 Å². The Labute approximate surface area is 171 Å². The molecule has 2 aliphatic heterocycles. The highest BCUT2D eigenvalue weighted by molar-refractivity contribution is 7.90. The van der Waals surface area contributed by atoms with E-state index in [2.05, 4.69) is 23.6 Å². The Hall–Kier alpha value is -2.42. The van der Waals surface area contributed by atoms with Gasteiger partial charge in [-0.2, -0.15) is 8.42 Å². The number of amides is 1. The van der Waals surface area contributed by atoms with E-state index in [9.17, 15) is 18.0 Å². The van der Waals surface area contributed by atoms with E-state index >= 15 is 0 Å². The van der Waals surface area contributed by atoms with Gasteiger partial charge in [-0.25, -0.2) is 4.79 Å². The van der Waals surface area contributed by atoms with Crippen LogP contribution in [0.5, 0.6) is 0 Å². The van der Waals surface area contributed by atoms with Gasteiger partial charge in [0.05, 0.1) is 0 Å². The van der Waals surface area contributed by atoms with Gasteiger partial charge in [0.2, 0.25) is 0 Å². The number of carbonyl (C=O) groups excluding carboxylic acids is 2. The molecule has 158 valence electrons. The van der Waals surface area contributed by atoms with Gasteiger partial charge in [0, 0.05) is 18.7 Å². The fourth-order valence-corrected chi connectivity index (χ4v) is 4.73. The van der Waals surface area contributed by atoms with Gasteiger partial charge in [-0.3, -0.25) is 4.79 Å². The number of amidine groups is 1. The van der Waals surface area contributed by atoms with Gasteiger partial charge in [-0.15, -0.1) is 4.40 Å². The zero-order chi connectivity index (χ0) is 21.0. The van der Waals surface area contributed by atoms with E-state index in [0.717, 1.165) is 19.3 Å². The average molecular weight is 422 g/mol. The lowest BCUT2D eigenvalue weighted by atomic mass is 10.0. The second kappa shape index (κ2) is 8.94. The summed E-state index contributed by atoms with van der Waals surface area (Å²) in [6, 6.07) is 5.94. The van der Waals surface area contributed by atoms with Crippen molar-refractivity contribution in [3.8, 4) is 0 Å². The number of benzene rings is 1. The molecule has 29 heavy (non-hydrogen) atoms. The summed E-state index contributed by atoms with van der Waals surface area (Å²) in [5.74, 6) is -0.121. The molecule has 2 aliphatic rings. The second-order valence-corrected chi connectivity index (χ2v) is 9.30. The SMILES string of the molecule is CC(C)CCNC(=O)COC(=O)[C@@H]1CCCCN1C1=NS(=O)(=O)c2ccccc21. The summed E-state index contributed by atoms with van der Waals surface area (Å²) in [6.45, 7) is 4.82. The Morgan fingerprint density at radius 2 is 2.03 bits per heavy atom. The highest BCUT2D eigenvalue weighted by Crippen LogP contribution is 2.30. The third-order valence-corrected chi connectivity index (χ3v) is 6.37. The molecule has 0 bridgehead atoms. The maximum atomic E-state index is 12.7. The van der Waals surface area contributed by atoms with Crippen LogP contribution in [0.15, 0.2) is 33.6 Å². The Morgan fingerprint density at radius 3 is 2.79 bits per heavy atom. The maximum Gasteiger partial charge on any atom is 0.329 e. The Kier molecular flexibility index (Phi) is 6.56. The van der Waals surface area contributed by atoms with Gasteiger partial charge in [0.25, 0.3) is 15.9 Å². The van der Waals surface area contributed by atoms with E-state index in [1.165, 1.54) is 6.07 Å². The number of esters is 1. The van der Waals surface area contributed by atoms with Crippen molar-refractivity contribution in [3.63, 3.8) is 0 Å². The van der Waals surface area contributed by atoms with Crippen LogP contribution in [0.3, 0.4) is 0 Å². The van der Waals surface area contributed by atoms with Crippen molar-refractivity contribution in [2.75, 3.05) is 19.7 Å². The summed E-state index contributed by atoms with van der Waals surface area (Å²) in [5, 5.41) is 2.73. The van der Waals surface area contributed by atoms with Crippen LogP contribution < -0.4 is 5.32 Å². The fraction of sp³-hybridized carbons (Fsp3) is 0.550. The molecule has 0 saturated carbocycles. The number of sulfonamides is 1. The first kappa shape index (κ1) is 21.3. The van der Waals surface area contributed by atoms with Gasteiger partial charge in [0.1, 0.15) is 10.9 Å². The van der Waals surface area contributed by atoms with Crippen LogP contribution in [0.25, 0.3) is 0 Å². The predicted octanol–water partition coefficient (Wildman–Crippen LogP) is 1.70. The standard InChI is InChI=1S/C20H27N3O5S/c1-14(2)10-11-21-18(24)13-28-20(25)16-8-5-6-12-23(16)19-15-7-3-4-9-17(15)29(26,27)22-19/h3-4,7,9,14,16H,5-6,8,10-13H2,1-2H3,(H,21,24)/t16-/m0/s1. The molecular weight excluding hydrogens is 394 g/mol. The number of piperidine rings is 1. The number of hydrogen-bond acceptors (Lipinski definition) is 6. The number of fused-ring (bicyclic) bond motifs is 1. The number of carbonyl (C=O) groups is 2. The minimum Gasteiger partial charge on any atom is -0.454 e. The van der Waals surface area contributed by atoms with Crippen molar-refractivity contribution >= 4 is 27.7 Å². The van der Waals surface area contributed by atoms with E-state index < -0.39 is 22.0 Å². The van der Waals surface area contributed by atoms with Crippen LogP contribution in [0.4, 0.5) is 0 Å². The summed E-state index contributed by atoms with van der Waals surface area (Å²) in [7, 11) is -3.77. The van der Waals surface area contributed by atoms with Crippen LogP contribution in [0, 0.1) is 5.92 Å². The predicted molar refractivity (Wildman–Crippen MR) is 108 cm³/mol. The van der Waals surface area contributed by atoms with Crippen molar-refractivity contribution in [2.45, 2.75) is 50.5 Å². The van der Waals surface area contributed by atoms with E-state index in [4.69, 9.17) is 4.74 Å². The summed E-state index contributed by atoms with van der Waals surface area (Å²) >= 11 is 0. The van der Waals surface area contributed by atoms with Gasteiger partial charge in [0.15, 0.2) is 12.4 Å². The van der Waals surface area contributed by atoms with Crippen LogP contribution in [-0.4, -0.2) is 56.8 Å². The largest absolute Gasteiger partial charge is 0.454 e. The van der Waals surface area contributed by atoms with Crippen molar-refractivity contribution in [2.24, 2.45) is 10.3 Å². The first-order chi connectivity index (χ1) is 13.8. The third kappa shape index (κ3) is 4.95. The molecule has 1 amide bonds. The normalized spacial score (nSPS) is 20.2. The maximum absolute atomic E-state index is 12.7. The van der Waals surface area contributed by atoms with Crippen LogP contribution in [-0.2, 0) is 24.3 Å². The van der Waals surface area contributed by atoms with E-state index in [1.54, 1.807) is 23.1 Å². The molecule has 0 unspecified atom stereocenters. The zero-order valence-corrected chi connectivity index (χ0v) is 17.6. The number of ether oxygens (including phenoxy) is 1. The Morgan fingerprint density at radius 1 is 1.28 bits per heavy atom. The lowest BCUT2D eigenvalue weighted by Gasteiger charge is -2.35. The summed E-state index contributed by atoms with van der Waals surface area (Å²) in [6.07, 6.45) is 3.01. The molecule has 0 aromatic heterocycles. The molecule has 0 spiro atoms. The quantitative estimate of drug-likeness (QED) is 0.701. The van der Waals surface area contributed by atoms with E-state index in [1.807, 2.05) is 0 Å². The minimum atomic E-state index is -3.77. The molecule has 1 N–H and O–H groups in total. The van der Waals surface area contributed by atoms with Crippen molar-refractivity contribution in [1.82, 2.24) is 10.2 Å². The number of hydrogen-bond donors (Lipinski definition) is 1. The molecule has 2 heterocycles. The lowest BCUT2D eigenvalue weighted by Crippen LogP contribution is -2.49. The summed E-state index contributed by atoms with van der Waals surface area (Å²) < 4.78 is 33.9. The molecule has 0 aliphatic carbocycles. The average Bonchev–Trinajstić information content (AvgIpc) is 2.97. The van der Waals surface area contributed by atoms with Crippen molar-refractivity contribution < 1.29 is 22.7 Å². The Bertz CT molecular complexity index is 910. The molecule has 1 aromatic rings. The second-order valence-electron chi connectivity index (χ2n) is 7.73. The highest BCUT2D eigenvalue weighted by Gasteiger charge is 2.38. The van der Waals surface area contributed by atoms with Gasteiger partial charge in [-0.05, 0) is 43.7 Å². The molecule has 9 heteroatoms. The zero-order valence-electron chi connectivity index (χ0n) is 16.8. The molecule has 3 rings (SSSR count). The molecule has 1 atom stereocenters. The monoisotopic (exact) mass is 421 g/mol. The number of likely N-dealkylation sites (tertiary alicyclic amines) is 1. The van der Waals surface area contributed by atoms with Crippen molar-refractivity contribution in [1.29, 1.82) is 0 Å². The molecule has 1 saturated heterocycles. The first-order valence-corrected chi connectivity index (χ1v) is 11.4. The molecule has 8 nitrogen and oxygen atoms in total. The Balaban J connectivity index is 1.68. The van der Waals surface area contributed by atoms with Crippen LogP contribution >= 0.6 is 0 Å². The van der Waals surface area contributed by atoms with E-state index in [0.29, 0.717) is 31.0 Å². The van der Waals surface area contributed by atoms with E-state index in [-0.39, 0.29) is 23.2 Å². The summed E-state index contributed by atoms with van der Waals surface area (Å²) in [4.78, 5) is 26.4. The van der Waals surface area contributed by atoms with Crippen molar-refractivity contribution in [3.05, 3.63) is 29.8 Å². The van der Waals surface area contributed by atoms with Gasteiger partial charge in [-0.1, -0.05) is 26.0 Å². The first-order valence-electron chi connectivity index (χ1n) is 9.94. The smallest absolute Gasteiger partial charge is 0.329 e. The number of nitrogens with zero attached hydrogens (tertiary/aromatic N) is 2. The number of rotatable bonds is 6. The number of nitrogens with one attached hydrogen (secondary N) is 1. The van der Waals surface area contributed by atoms with Crippen LogP contribution in [0.1, 0.15) is 45.1 Å². The summed E-state index contributed by atoms with van der Waals surface area (Å²) in [5.41, 5.74) is 0.499. The lowest BCUT2D eigenvalue weighted by molar-refractivity contribution is -0.153. The fourth-order valence-electron chi connectivity index (χ4n) is 3.51.